The molecule has 3 aromatic carbocycles. The van der Waals surface area contributed by atoms with Crippen molar-refractivity contribution in [2.24, 2.45) is 0 Å². The largest absolute Gasteiger partial charge is 0.388 e. The average molecular weight is 418 g/mol. The second-order valence-corrected chi connectivity index (χ2v) is 8.18. The van der Waals surface area contributed by atoms with Crippen molar-refractivity contribution in [1.29, 1.82) is 0 Å². The van der Waals surface area contributed by atoms with Crippen molar-refractivity contribution < 1.29 is 13.9 Å². The van der Waals surface area contributed by atoms with E-state index >= 15 is 0 Å². The second kappa shape index (κ2) is 8.25. The number of rotatable bonds is 6. The maximum atomic E-state index is 14.0. The van der Waals surface area contributed by atoms with Crippen LogP contribution < -0.4 is 0 Å². The summed E-state index contributed by atoms with van der Waals surface area (Å²) >= 11 is 0. The van der Waals surface area contributed by atoms with Gasteiger partial charge in [-0.2, -0.15) is 0 Å². The maximum Gasteiger partial charge on any atom is 0.123 e. The molecule has 158 valence electrons. The fourth-order valence-corrected chi connectivity index (χ4v) is 4.61. The van der Waals surface area contributed by atoms with E-state index in [4.69, 9.17) is 0 Å². The quantitative estimate of drug-likeness (QED) is 0.433. The third-order valence-corrected chi connectivity index (χ3v) is 6.12. The van der Waals surface area contributed by atoms with Crippen LogP contribution in [0.1, 0.15) is 35.8 Å². The maximum absolute atomic E-state index is 14.0. The number of aliphatic hydroxyl groups excluding tert-OH is 1. The number of aromatic nitrogens is 1. The van der Waals surface area contributed by atoms with Crippen molar-refractivity contribution in [3.63, 3.8) is 0 Å². The zero-order valence-electron chi connectivity index (χ0n) is 17.1. The number of nitrogens with zero attached hydrogens (tertiary/aromatic N) is 2. The molecule has 1 aliphatic rings. The Morgan fingerprint density at radius 2 is 1.61 bits per heavy atom. The number of aliphatic hydroxyl groups is 1. The lowest BCUT2D eigenvalue weighted by atomic mass is 10.1. The summed E-state index contributed by atoms with van der Waals surface area (Å²) in [5.74, 6) is -0.530. The van der Waals surface area contributed by atoms with Gasteiger partial charge < -0.3 is 9.67 Å². The van der Waals surface area contributed by atoms with Gasteiger partial charge in [0.2, 0.25) is 0 Å². The zero-order chi connectivity index (χ0) is 21.4. The number of fused-ring (bicyclic) bond motifs is 3. The Hall–Kier alpha value is -3.02. The monoisotopic (exact) mass is 418 g/mol. The molecule has 1 N–H and O–H groups in total. The smallest absolute Gasteiger partial charge is 0.123 e. The molecule has 0 fully saturated rings. The van der Waals surface area contributed by atoms with Gasteiger partial charge >= 0.3 is 0 Å². The van der Waals surface area contributed by atoms with E-state index < -0.39 is 6.10 Å². The Bertz CT molecular complexity index is 1200. The number of benzene rings is 3. The van der Waals surface area contributed by atoms with Crippen LogP contribution in [0.25, 0.3) is 16.6 Å². The molecule has 0 spiro atoms. The lowest BCUT2D eigenvalue weighted by Crippen LogP contribution is -2.19. The van der Waals surface area contributed by atoms with E-state index in [-0.39, 0.29) is 11.6 Å². The third kappa shape index (κ3) is 3.87. The summed E-state index contributed by atoms with van der Waals surface area (Å²) < 4.78 is 29.6. The van der Waals surface area contributed by atoms with Crippen molar-refractivity contribution >= 4 is 10.9 Å². The summed E-state index contributed by atoms with van der Waals surface area (Å²) in [6, 6.07) is 21.0. The van der Waals surface area contributed by atoms with Crippen molar-refractivity contribution in [2.75, 3.05) is 6.54 Å². The SMILES string of the molecule is OC(CCCN1Cc2c(n(-c3ccc(F)cc3)c3ccc(F)cc23)C1)c1ccccc1. The normalized spacial score (nSPS) is 14.8. The van der Waals surface area contributed by atoms with E-state index in [2.05, 4.69) is 9.47 Å². The van der Waals surface area contributed by atoms with Gasteiger partial charge in [-0.15, -0.1) is 0 Å². The molecule has 1 aromatic heterocycles. The van der Waals surface area contributed by atoms with Crippen LogP contribution >= 0.6 is 0 Å². The van der Waals surface area contributed by atoms with Gasteiger partial charge in [-0.1, -0.05) is 30.3 Å². The standard InChI is InChI=1S/C26H24F2N2O/c27-19-8-11-21(12-9-19)30-24-13-10-20(28)15-22(24)23-16-29(17-25(23)30)14-4-7-26(31)18-5-2-1-3-6-18/h1-3,5-6,8-13,15,26,31H,4,7,14,16-17H2. The van der Waals surface area contributed by atoms with E-state index in [0.717, 1.165) is 59.5 Å². The van der Waals surface area contributed by atoms with Crippen LogP contribution in [0.3, 0.4) is 0 Å². The topological polar surface area (TPSA) is 28.4 Å². The fourth-order valence-electron chi connectivity index (χ4n) is 4.61. The van der Waals surface area contributed by atoms with E-state index in [1.807, 2.05) is 30.3 Å². The minimum atomic E-state index is -0.464. The van der Waals surface area contributed by atoms with Gasteiger partial charge in [0.05, 0.1) is 11.6 Å². The molecule has 1 atom stereocenters. The first kappa shape index (κ1) is 19.9. The minimum Gasteiger partial charge on any atom is -0.388 e. The average Bonchev–Trinajstić information content (AvgIpc) is 3.32. The lowest BCUT2D eigenvalue weighted by Gasteiger charge is -2.18. The van der Waals surface area contributed by atoms with Gasteiger partial charge in [0, 0.05) is 29.9 Å². The Kier molecular flexibility index (Phi) is 5.30. The van der Waals surface area contributed by atoms with Gasteiger partial charge in [0.1, 0.15) is 11.6 Å². The highest BCUT2D eigenvalue weighted by Gasteiger charge is 2.27. The summed E-state index contributed by atoms with van der Waals surface area (Å²) in [5.41, 5.74) is 5.01. The molecule has 31 heavy (non-hydrogen) atoms. The van der Waals surface area contributed by atoms with Gasteiger partial charge in [-0.3, -0.25) is 4.90 Å². The predicted octanol–water partition coefficient (Wildman–Crippen LogP) is 5.74. The van der Waals surface area contributed by atoms with Crippen LogP contribution in [-0.2, 0) is 13.1 Å². The molecule has 0 saturated carbocycles. The molecule has 0 amide bonds. The fraction of sp³-hybridized carbons (Fsp3) is 0.231. The van der Waals surface area contributed by atoms with Crippen molar-refractivity contribution in [2.45, 2.75) is 32.0 Å². The van der Waals surface area contributed by atoms with Crippen molar-refractivity contribution in [3.05, 3.63) is 101 Å². The van der Waals surface area contributed by atoms with Crippen LogP contribution in [0.5, 0.6) is 0 Å². The molecule has 5 heteroatoms. The third-order valence-electron chi connectivity index (χ3n) is 6.12. The summed E-state index contributed by atoms with van der Waals surface area (Å²) in [4.78, 5) is 2.33. The van der Waals surface area contributed by atoms with Gasteiger partial charge in [-0.05, 0) is 73.0 Å². The molecule has 4 aromatic rings. The molecule has 5 rings (SSSR count). The molecule has 3 nitrogen and oxygen atoms in total. The molecule has 1 unspecified atom stereocenters. The molecule has 1 aliphatic heterocycles. The van der Waals surface area contributed by atoms with Crippen LogP contribution in [0.15, 0.2) is 72.8 Å². The Balaban J connectivity index is 1.37. The van der Waals surface area contributed by atoms with Gasteiger partial charge in [0.25, 0.3) is 0 Å². The highest BCUT2D eigenvalue weighted by Crippen LogP contribution is 2.36. The number of hydrogen-bond donors (Lipinski definition) is 1. The highest BCUT2D eigenvalue weighted by atomic mass is 19.1. The lowest BCUT2D eigenvalue weighted by molar-refractivity contribution is 0.155. The molecule has 0 bridgehead atoms. The number of hydrogen-bond acceptors (Lipinski definition) is 2. The number of halogens is 2. The van der Waals surface area contributed by atoms with Gasteiger partial charge in [0.15, 0.2) is 0 Å². The summed E-state index contributed by atoms with van der Waals surface area (Å²) in [5, 5.41) is 11.3. The van der Waals surface area contributed by atoms with Crippen molar-refractivity contribution in [3.8, 4) is 5.69 Å². The molecular formula is C26H24F2N2O. The first-order chi connectivity index (χ1) is 15.1. The Morgan fingerprint density at radius 1 is 0.871 bits per heavy atom. The first-order valence-electron chi connectivity index (χ1n) is 10.6. The highest BCUT2D eigenvalue weighted by molar-refractivity contribution is 5.88. The van der Waals surface area contributed by atoms with E-state index in [1.54, 1.807) is 24.3 Å². The van der Waals surface area contributed by atoms with Gasteiger partial charge in [-0.25, -0.2) is 8.78 Å². The van der Waals surface area contributed by atoms with Crippen LogP contribution in [0.4, 0.5) is 8.78 Å². The molecule has 2 heterocycles. The van der Waals surface area contributed by atoms with Crippen LogP contribution in [0, 0.1) is 11.6 Å². The summed E-state index contributed by atoms with van der Waals surface area (Å²) in [7, 11) is 0. The van der Waals surface area contributed by atoms with E-state index in [9.17, 15) is 13.9 Å². The second-order valence-electron chi connectivity index (χ2n) is 8.18. The molecule has 0 radical (unpaired) electrons. The van der Waals surface area contributed by atoms with E-state index in [0.29, 0.717) is 6.42 Å². The predicted molar refractivity (Wildman–Crippen MR) is 118 cm³/mol. The summed E-state index contributed by atoms with van der Waals surface area (Å²) in [6.07, 6.45) is 1.09. The van der Waals surface area contributed by atoms with E-state index in [1.165, 1.54) is 18.2 Å². The minimum absolute atomic E-state index is 0.254. The molecule has 0 aliphatic carbocycles. The zero-order valence-corrected chi connectivity index (χ0v) is 17.1. The summed E-state index contributed by atoms with van der Waals surface area (Å²) in [6.45, 7) is 2.33. The molecule has 0 saturated heterocycles. The first-order valence-corrected chi connectivity index (χ1v) is 10.6. The molecular weight excluding hydrogens is 394 g/mol. The Labute approximate surface area is 180 Å². The van der Waals surface area contributed by atoms with Crippen molar-refractivity contribution in [1.82, 2.24) is 9.47 Å². The Morgan fingerprint density at radius 3 is 2.39 bits per heavy atom. The van der Waals surface area contributed by atoms with Crippen LogP contribution in [-0.4, -0.2) is 21.1 Å². The van der Waals surface area contributed by atoms with Crippen LogP contribution in [0.2, 0.25) is 0 Å².